The second-order valence-electron chi connectivity index (χ2n) is 9.30. The molecule has 8 heteroatoms. The molecule has 0 fully saturated rings. The van der Waals surface area contributed by atoms with Crippen molar-refractivity contribution in [1.29, 1.82) is 0 Å². The van der Waals surface area contributed by atoms with Crippen molar-refractivity contribution in [2.24, 2.45) is 0 Å². The lowest BCUT2D eigenvalue weighted by atomic mass is 9.82. The highest BCUT2D eigenvalue weighted by atomic mass is 32.2. The van der Waals surface area contributed by atoms with Crippen LogP contribution in [0.4, 0.5) is 13.2 Å². The molecule has 198 valence electrons. The number of hydrogen-bond donors (Lipinski definition) is 0. The first-order valence-electron chi connectivity index (χ1n) is 12.3. The number of nitrogens with zero attached hydrogens (tertiary/aromatic N) is 1. The van der Waals surface area contributed by atoms with E-state index >= 15 is 0 Å². The van der Waals surface area contributed by atoms with Gasteiger partial charge in [0.05, 0.1) is 0 Å². The van der Waals surface area contributed by atoms with Crippen molar-refractivity contribution in [3.8, 4) is 22.4 Å². The fraction of sp³-hybridized carbons (Fsp3) is 0.233. The normalized spacial score (nSPS) is 15.2. The van der Waals surface area contributed by atoms with Crippen LogP contribution in [0.15, 0.2) is 97.1 Å². The van der Waals surface area contributed by atoms with Gasteiger partial charge in [0, 0.05) is 28.7 Å². The van der Waals surface area contributed by atoms with Crippen molar-refractivity contribution in [3.05, 3.63) is 114 Å². The van der Waals surface area contributed by atoms with Crippen LogP contribution in [0, 0.1) is 0 Å². The van der Waals surface area contributed by atoms with E-state index in [0.29, 0.717) is 5.92 Å². The van der Waals surface area contributed by atoms with Crippen LogP contribution >= 0.6 is 0 Å². The molecular weight excluding hydrogens is 511 g/mol. The van der Waals surface area contributed by atoms with Crippen molar-refractivity contribution < 1.29 is 30.7 Å². The summed E-state index contributed by atoms with van der Waals surface area (Å²) in [5, 5.41) is 0. The molecule has 38 heavy (non-hydrogen) atoms. The van der Waals surface area contributed by atoms with Crippen LogP contribution in [0.5, 0.6) is 0 Å². The third-order valence-corrected chi connectivity index (χ3v) is 7.22. The van der Waals surface area contributed by atoms with Crippen LogP contribution in [0.3, 0.4) is 0 Å². The quantitative estimate of drug-likeness (QED) is 0.162. The van der Waals surface area contributed by atoms with Crippen molar-refractivity contribution in [3.63, 3.8) is 0 Å². The Balaban J connectivity index is 0.000000368. The average Bonchev–Trinajstić information content (AvgIpc) is 2.90. The molecule has 1 atom stereocenters. The van der Waals surface area contributed by atoms with Gasteiger partial charge in [0.15, 0.2) is 22.4 Å². The largest absolute Gasteiger partial charge is 0.741 e. The molecular formula is C30H28F3NO3S. The number of halogens is 3. The second-order valence-corrected chi connectivity index (χ2v) is 10.7. The molecule has 0 bridgehead atoms. The highest BCUT2D eigenvalue weighted by Crippen LogP contribution is 2.38. The molecule has 1 aromatic heterocycles. The van der Waals surface area contributed by atoms with Gasteiger partial charge in [-0.25, -0.2) is 8.42 Å². The van der Waals surface area contributed by atoms with Crippen LogP contribution in [-0.2, 0) is 23.1 Å². The molecule has 0 N–H and O–H groups in total. The molecule has 3 aromatic carbocycles. The Kier molecular flexibility index (Phi) is 8.33. The average molecular weight is 540 g/mol. The van der Waals surface area contributed by atoms with Gasteiger partial charge in [0.25, 0.3) is 0 Å². The Hall–Kier alpha value is -3.49. The molecule has 4 nitrogen and oxygen atoms in total. The minimum Gasteiger partial charge on any atom is -0.741 e. The highest BCUT2D eigenvalue weighted by molar-refractivity contribution is 7.86. The standard InChI is InChI=1S/C29H28N.CHF3O3S/c1-22-12-11-19-26-27(24-15-7-3-8-16-24)20-28(25-17-9-4-10-18-25)30(29(22)26)21-23-13-5-2-6-14-23;2-1(3,4)8(5,6)7/h2-10,13-18,20,22H,11-12,19,21H2,1H3;(H,5,6,7)/q+1;/p-1. The van der Waals surface area contributed by atoms with Gasteiger partial charge in [-0.2, -0.15) is 17.7 Å². The number of aromatic nitrogens is 1. The Morgan fingerprint density at radius 1 is 0.868 bits per heavy atom. The number of alkyl halides is 3. The summed E-state index contributed by atoms with van der Waals surface area (Å²) in [5.74, 6) is 0.559. The zero-order chi connectivity index (χ0) is 27.3. The number of hydrogen-bond acceptors (Lipinski definition) is 3. The first-order chi connectivity index (χ1) is 18.1. The van der Waals surface area contributed by atoms with Crippen LogP contribution in [0.2, 0.25) is 0 Å². The summed E-state index contributed by atoms with van der Waals surface area (Å²) in [5.41, 5.74) is 4.09. The van der Waals surface area contributed by atoms with Gasteiger partial charge in [0.2, 0.25) is 5.69 Å². The van der Waals surface area contributed by atoms with E-state index in [9.17, 15) is 13.2 Å². The smallest absolute Gasteiger partial charge is 0.485 e. The third kappa shape index (κ3) is 6.31. The van der Waals surface area contributed by atoms with E-state index in [1.165, 1.54) is 52.0 Å². The molecule has 4 aromatic rings. The van der Waals surface area contributed by atoms with E-state index in [0.717, 1.165) is 13.0 Å². The van der Waals surface area contributed by atoms with Crippen LogP contribution in [0.25, 0.3) is 22.4 Å². The van der Waals surface area contributed by atoms with Crippen molar-refractivity contribution >= 4 is 10.1 Å². The fourth-order valence-electron chi connectivity index (χ4n) is 4.94. The lowest BCUT2D eigenvalue weighted by Crippen LogP contribution is -2.44. The van der Waals surface area contributed by atoms with Crippen LogP contribution in [-0.4, -0.2) is 18.5 Å². The summed E-state index contributed by atoms with van der Waals surface area (Å²) in [7, 11) is -6.09. The summed E-state index contributed by atoms with van der Waals surface area (Å²) >= 11 is 0. The Morgan fingerprint density at radius 2 is 1.37 bits per heavy atom. The second kappa shape index (κ2) is 11.5. The molecule has 0 radical (unpaired) electrons. The predicted octanol–water partition coefficient (Wildman–Crippen LogP) is 6.85. The topological polar surface area (TPSA) is 61.1 Å². The summed E-state index contributed by atoms with van der Waals surface area (Å²) in [4.78, 5) is 0. The summed E-state index contributed by atoms with van der Waals surface area (Å²) in [6, 6.07) is 35.1. The van der Waals surface area contributed by atoms with Crippen LogP contribution < -0.4 is 4.57 Å². The van der Waals surface area contributed by atoms with E-state index in [1.54, 1.807) is 0 Å². The summed E-state index contributed by atoms with van der Waals surface area (Å²) in [6.45, 7) is 3.32. The van der Waals surface area contributed by atoms with Gasteiger partial charge in [-0.1, -0.05) is 85.8 Å². The van der Waals surface area contributed by atoms with Gasteiger partial charge < -0.3 is 4.55 Å². The lowest BCUT2D eigenvalue weighted by molar-refractivity contribution is -0.686. The minimum absolute atomic E-state index is 0.559. The molecule has 1 aliphatic carbocycles. The first kappa shape index (κ1) is 27.5. The molecule has 1 unspecified atom stereocenters. The van der Waals surface area contributed by atoms with E-state index in [-0.39, 0.29) is 0 Å². The number of fused-ring (bicyclic) bond motifs is 1. The monoisotopic (exact) mass is 539 g/mol. The van der Waals surface area contributed by atoms with Crippen LogP contribution in [0.1, 0.15) is 42.5 Å². The highest BCUT2D eigenvalue weighted by Gasteiger charge is 2.37. The van der Waals surface area contributed by atoms with Gasteiger partial charge in [-0.05, 0) is 42.5 Å². The van der Waals surface area contributed by atoms with E-state index < -0.39 is 15.6 Å². The van der Waals surface area contributed by atoms with Gasteiger partial charge in [0.1, 0.15) is 0 Å². The van der Waals surface area contributed by atoms with Crippen molar-refractivity contribution in [2.45, 2.75) is 44.2 Å². The molecule has 0 spiro atoms. The number of benzene rings is 3. The molecule has 1 heterocycles. The molecule has 0 amide bonds. The number of rotatable bonds is 4. The maximum atomic E-state index is 10.7. The fourth-order valence-corrected chi connectivity index (χ4v) is 4.94. The van der Waals surface area contributed by atoms with Gasteiger partial charge in [-0.15, -0.1) is 0 Å². The summed E-state index contributed by atoms with van der Waals surface area (Å²) < 4.78 is 61.5. The van der Waals surface area contributed by atoms with E-state index in [4.69, 9.17) is 13.0 Å². The number of pyridine rings is 1. The maximum Gasteiger partial charge on any atom is 0.485 e. The SMILES string of the molecule is CC1CCCc2c(-c3ccccc3)cc(-c3ccccc3)[n+](Cc3ccccc3)c21.O=S(=O)([O-])C(F)(F)F. The van der Waals surface area contributed by atoms with E-state index in [2.05, 4.69) is 109 Å². The maximum absolute atomic E-state index is 10.7. The molecule has 0 saturated heterocycles. The first-order valence-corrected chi connectivity index (χ1v) is 13.7. The zero-order valence-electron chi connectivity index (χ0n) is 20.9. The van der Waals surface area contributed by atoms with Crippen molar-refractivity contribution in [1.82, 2.24) is 0 Å². The molecule has 0 aliphatic heterocycles. The molecule has 1 aliphatic rings. The van der Waals surface area contributed by atoms with Crippen molar-refractivity contribution in [2.75, 3.05) is 0 Å². The minimum atomic E-state index is -6.09. The molecule has 0 saturated carbocycles. The lowest BCUT2D eigenvalue weighted by Gasteiger charge is -2.25. The Labute approximate surface area is 221 Å². The molecule has 5 rings (SSSR count). The Bertz CT molecular complexity index is 1470. The third-order valence-electron chi connectivity index (χ3n) is 6.65. The predicted molar refractivity (Wildman–Crippen MR) is 140 cm³/mol. The Morgan fingerprint density at radius 3 is 1.89 bits per heavy atom. The van der Waals surface area contributed by atoms with Gasteiger partial charge >= 0.3 is 5.51 Å². The van der Waals surface area contributed by atoms with Gasteiger partial charge in [-0.3, -0.25) is 0 Å². The zero-order valence-corrected chi connectivity index (χ0v) is 21.7. The van der Waals surface area contributed by atoms with E-state index in [1.807, 2.05) is 0 Å². The summed E-state index contributed by atoms with van der Waals surface area (Å²) in [6.07, 6.45) is 3.69.